The number of hydrogen-bond donors (Lipinski definition) is 3. The Labute approximate surface area is 166 Å². The largest absolute Gasteiger partial charge is 0.394 e. The Morgan fingerprint density at radius 2 is 1.15 bits per heavy atom. The quantitative estimate of drug-likeness (QED) is 0.224. The molecule has 3 N–H and O–H groups in total. The highest BCUT2D eigenvalue weighted by Gasteiger charge is 2.07. The van der Waals surface area contributed by atoms with Crippen LogP contribution in [0.5, 0.6) is 0 Å². The summed E-state index contributed by atoms with van der Waals surface area (Å²) in [5.41, 5.74) is 0. The molecule has 0 saturated heterocycles. The maximum absolute atomic E-state index is 9.29. The van der Waals surface area contributed by atoms with E-state index in [1.165, 1.54) is 64.2 Å². The van der Waals surface area contributed by atoms with Crippen molar-refractivity contribution in [3.05, 3.63) is 0 Å². The summed E-state index contributed by atoms with van der Waals surface area (Å²) in [6.07, 6.45) is 15.1. The van der Waals surface area contributed by atoms with Crippen molar-refractivity contribution in [2.45, 2.75) is 97.0 Å². The first-order valence-corrected chi connectivity index (χ1v) is 11.7. The molecule has 0 rings (SSSR count). The van der Waals surface area contributed by atoms with Gasteiger partial charge in [0.25, 0.3) is 0 Å². The SMILES string of the molecule is CCCCCCCCOCC(CO)OCCCCCCCC.O=S(=O)(O)O. The molecule has 0 bridgehead atoms. The standard InChI is InChI=1S/C19H40O3.H2O4S/c1-3-5-7-9-11-13-15-21-18-19(17-20)22-16-14-12-10-8-6-4-2;1-5(2,3)4/h19-20H,3-18H2,1-2H3;(H2,1,2,3,4). The molecule has 0 radical (unpaired) electrons. The van der Waals surface area contributed by atoms with Crippen LogP contribution in [0, 0.1) is 0 Å². The monoisotopic (exact) mass is 414 g/mol. The first-order valence-electron chi connectivity index (χ1n) is 10.3. The lowest BCUT2D eigenvalue weighted by atomic mass is 10.1. The molecule has 1 atom stereocenters. The van der Waals surface area contributed by atoms with Gasteiger partial charge in [0.15, 0.2) is 0 Å². The van der Waals surface area contributed by atoms with Crippen LogP contribution >= 0.6 is 0 Å². The van der Waals surface area contributed by atoms with Crippen LogP contribution in [0.2, 0.25) is 0 Å². The zero-order valence-electron chi connectivity index (χ0n) is 17.3. The summed E-state index contributed by atoms with van der Waals surface area (Å²) in [6.45, 7) is 6.61. The van der Waals surface area contributed by atoms with Gasteiger partial charge in [0.1, 0.15) is 6.10 Å². The Bertz CT molecular complexity index is 366. The normalized spacial score (nSPS) is 12.5. The molecule has 0 amide bonds. The van der Waals surface area contributed by atoms with Crippen molar-refractivity contribution in [3.63, 3.8) is 0 Å². The number of aliphatic hydroxyl groups is 1. The lowest BCUT2D eigenvalue weighted by Crippen LogP contribution is -2.24. The van der Waals surface area contributed by atoms with Crippen LogP contribution in [0.1, 0.15) is 90.9 Å². The second kappa shape index (κ2) is 22.0. The van der Waals surface area contributed by atoms with Gasteiger partial charge in [-0.1, -0.05) is 78.1 Å². The molecule has 0 fully saturated rings. The molecule has 0 aliphatic heterocycles. The second-order valence-corrected chi connectivity index (χ2v) is 7.63. The maximum atomic E-state index is 9.29. The highest BCUT2D eigenvalue weighted by Crippen LogP contribution is 2.07. The molecule has 7 nitrogen and oxygen atoms in total. The van der Waals surface area contributed by atoms with Crippen LogP contribution in [-0.2, 0) is 19.9 Å². The number of aliphatic hydroxyl groups excluding tert-OH is 1. The minimum absolute atomic E-state index is 0.0618. The van der Waals surface area contributed by atoms with Crippen LogP contribution in [-0.4, -0.2) is 55.2 Å². The third-order valence-electron chi connectivity index (χ3n) is 4.00. The van der Waals surface area contributed by atoms with E-state index >= 15 is 0 Å². The molecule has 8 heteroatoms. The van der Waals surface area contributed by atoms with Crippen molar-refractivity contribution in [1.82, 2.24) is 0 Å². The van der Waals surface area contributed by atoms with Crippen molar-refractivity contribution in [3.8, 4) is 0 Å². The van der Waals surface area contributed by atoms with E-state index in [1.54, 1.807) is 0 Å². The van der Waals surface area contributed by atoms with Gasteiger partial charge in [0, 0.05) is 13.2 Å². The van der Waals surface area contributed by atoms with Crippen molar-refractivity contribution in [2.75, 3.05) is 26.4 Å². The minimum Gasteiger partial charge on any atom is -0.394 e. The first kappa shape index (κ1) is 29.0. The summed E-state index contributed by atoms with van der Waals surface area (Å²) < 4.78 is 42.9. The number of unbranched alkanes of at least 4 members (excludes halogenated alkanes) is 10. The molecule has 0 heterocycles. The van der Waals surface area contributed by atoms with Crippen LogP contribution in [0.3, 0.4) is 0 Å². The Morgan fingerprint density at radius 1 is 0.741 bits per heavy atom. The molecule has 0 aliphatic rings. The summed E-state index contributed by atoms with van der Waals surface area (Å²) in [6, 6.07) is 0. The van der Waals surface area contributed by atoms with E-state index in [2.05, 4.69) is 13.8 Å². The molecular weight excluding hydrogens is 372 g/mol. The Balaban J connectivity index is 0. The molecular formula is C19H42O7S. The summed E-state index contributed by atoms with van der Waals surface area (Å²) in [7, 11) is -4.67. The van der Waals surface area contributed by atoms with E-state index in [0.717, 1.165) is 26.1 Å². The molecule has 0 aromatic carbocycles. The van der Waals surface area contributed by atoms with Gasteiger partial charge in [-0.15, -0.1) is 0 Å². The highest BCUT2D eigenvalue weighted by atomic mass is 32.3. The summed E-state index contributed by atoms with van der Waals surface area (Å²) >= 11 is 0. The average molecular weight is 415 g/mol. The van der Waals surface area contributed by atoms with E-state index in [9.17, 15) is 5.11 Å². The van der Waals surface area contributed by atoms with Gasteiger partial charge in [-0.3, -0.25) is 9.11 Å². The number of rotatable bonds is 18. The van der Waals surface area contributed by atoms with Gasteiger partial charge in [0.2, 0.25) is 0 Å². The lowest BCUT2D eigenvalue weighted by Gasteiger charge is -2.15. The fraction of sp³-hybridized carbons (Fsp3) is 1.00. The molecule has 27 heavy (non-hydrogen) atoms. The molecule has 1 unspecified atom stereocenters. The van der Waals surface area contributed by atoms with E-state index in [4.69, 9.17) is 27.0 Å². The van der Waals surface area contributed by atoms with Crippen LogP contribution in [0.15, 0.2) is 0 Å². The fourth-order valence-electron chi connectivity index (χ4n) is 2.49. The fourth-order valence-corrected chi connectivity index (χ4v) is 2.49. The average Bonchev–Trinajstić information content (AvgIpc) is 2.60. The first-order chi connectivity index (χ1) is 12.8. The molecule has 0 aromatic rings. The van der Waals surface area contributed by atoms with Crippen molar-refractivity contribution >= 4 is 10.4 Å². The number of ether oxygens (including phenoxy) is 2. The van der Waals surface area contributed by atoms with Crippen LogP contribution in [0.4, 0.5) is 0 Å². The Morgan fingerprint density at radius 3 is 1.59 bits per heavy atom. The molecule has 0 aliphatic carbocycles. The van der Waals surface area contributed by atoms with E-state index in [0.29, 0.717) is 6.61 Å². The summed E-state index contributed by atoms with van der Waals surface area (Å²) in [4.78, 5) is 0. The Hall–Kier alpha value is -0.250. The predicted molar refractivity (Wildman–Crippen MR) is 109 cm³/mol. The van der Waals surface area contributed by atoms with Crippen LogP contribution < -0.4 is 0 Å². The smallest absolute Gasteiger partial charge is 0.394 e. The van der Waals surface area contributed by atoms with Gasteiger partial charge in [-0.25, -0.2) is 0 Å². The zero-order chi connectivity index (χ0) is 20.8. The van der Waals surface area contributed by atoms with Gasteiger partial charge in [-0.05, 0) is 12.8 Å². The molecule has 0 aromatic heterocycles. The van der Waals surface area contributed by atoms with Gasteiger partial charge in [0.05, 0.1) is 13.2 Å². The topological polar surface area (TPSA) is 113 Å². The highest BCUT2D eigenvalue weighted by molar-refractivity contribution is 7.79. The molecule has 0 spiro atoms. The van der Waals surface area contributed by atoms with E-state index in [-0.39, 0.29) is 12.7 Å². The van der Waals surface area contributed by atoms with Gasteiger partial charge in [-0.2, -0.15) is 8.42 Å². The van der Waals surface area contributed by atoms with Gasteiger partial charge < -0.3 is 14.6 Å². The third kappa shape index (κ3) is 33.7. The van der Waals surface area contributed by atoms with Crippen molar-refractivity contribution in [1.29, 1.82) is 0 Å². The Kier molecular flexibility index (Phi) is 23.6. The lowest BCUT2D eigenvalue weighted by molar-refractivity contribution is -0.0437. The van der Waals surface area contributed by atoms with Crippen molar-refractivity contribution in [2.24, 2.45) is 0 Å². The third-order valence-corrected chi connectivity index (χ3v) is 4.00. The van der Waals surface area contributed by atoms with E-state index < -0.39 is 10.4 Å². The predicted octanol–water partition coefficient (Wildman–Crippen LogP) is 4.45. The zero-order valence-corrected chi connectivity index (χ0v) is 18.1. The molecule has 166 valence electrons. The summed E-state index contributed by atoms with van der Waals surface area (Å²) in [5.74, 6) is 0. The van der Waals surface area contributed by atoms with Crippen molar-refractivity contribution < 1.29 is 32.1 Å². The second-order valence-electron chi connectivity index (χ2n) is 6.73. The molecule has 0 saturated carbocycles. The maximum Gasteiger partial charge on any atom is 0.394 e. The van der Waals surface area contributed by atoms with Gasteiger partial charge >= 0.3 is 10.4 Å². The van der Waals surface area contributed by atoms with Crippen LogP contribution in [0.25, 0.3) is 0 Å². The van der Waals surface area contributed by atoms with E-state index in [1.807, 2.05) is 0 Å². The summed E-state index contributed by atoms with van der Waals surface area (Å²) in [5, 5.41) is 9.29. The minimum atomic E-state index is -4.67. The number of hydrogen-bond acceptors (Lipinski definition) is 5.